The first-order chi connectivity index (χ1) is 15.5. The molecule has 0 aliphatic rings. The molecule has 0 saturated carbocycles. The average molecular weight is 452 g/mol. The van der Waals surface area contributed by atoms with Gasteiger partial charge in [-0.25, -0.2) is 0 Å². The van der Waals surface area contributed by atoms with Gasteiger partial charge in [0.1, 0.15) is 5.75 Å². The number of methoxy groups -OCH3 is 1. The summed E-state index contributed by atoms with van der Waals surface area (Å²) in [5.41, 5.74) is 2.32. The summed E-state index contributed by atoms with van der Waals surface area (Å²) in [7, 11) is 3.26. The summed E-state index contributed by atoms with van der Waals surface area (Å²) < 4.78 is 5.26. The number of rotatable bonds is 9. The number of hydrogen-bond acceptors (Lipinski definition) is 4. The van der Waals surface area contributed by atoms with Gasteiger partial charge in [-0.05, 0) is 42.9 Å². The standard InChI is InChI=1S/C25H26ClN3O3/c1-28(17-24(30)27-22-15-20(26)13-14-23(22)32-2)18-25(31)29(21-11-7-4-8-12-21)16-19-9-5-3-6-10-19/h3-15H,16-18H2,1-2H3,(H,27,30). The van der Waals surface area contributed by atoms with E-state index in [1.807, 2.05) is 60.7 Å². The molecule has 3 aromatic rings. The zero-order valence-electron chi connectivity index (χ0n) is 18.1. The summed E-state index contributed by atoms with van der Waals surface area (Å²) >= 11 is 6.02. The SMILES string of the molecule is COc1ccc(Cl)cc1NC(=O)CN(C)CC(=O)N(Cc1ccccc1)c1ccccc1. The number of hydrogen-bond donors (Lipinski definition) is 1. The Bertz CT molecular complexity index is 1040. The molecule has 7 heteroatoms. The minimum Gasteiger partial charge on any atom is -0.495 e. The van der Waals surface area contributed by atoms with E-state index in [9.17, 15) is 9.59 Å². The van der Waals surface area contributed by atoms with Gasteiger partial charge in [0.25, 0.3) is 0 Å². The number of nitrogens with one attached hydrogen (secondary N) is 1. The molecule has 0 aliphatic heterocycles. The van der Waals surface area contributed by atoms with Crippen molar-refractivity contribution in [2.24, 2.45) is 0 Å². The summed E-state index contributed by atoms with van der Waals surface area (Å²) in [4.78, 5) is 29.1. The number of carbonyl (C=O) groups excluding carboxylic acids is 2. The summed E-state index contributed by atoms with van der Waals surface area (Å²) in [5.74, 6) is 0.144. The molecule has 166 valence electrons. The lowest BCUT2D eigenvalue weighted by atomic mass is 10.2. The van der Waals surface area contributed by atoms with Crippen LogP contribution in [0.2, 0.25) is 5.02 Å². The van der Waals surface area contributed by atoms with Crippen molar-refractivity contribution in [3.63, 3.8) is 0 Å². The van der Waals surface area contributed by atoms with Crippen molar-refractivity contribution in [1.29, 1.82) is 0 Å². The van der Waals surface area contributed by atoms with Crippen LogP contribution in [0.25, 0.3) is 0 Å². The predicted octanol–water partition coefficient (Wildman–Crippen LogP) is 4.45. The fourth-order valence-electron chi connectivity index (χ4n) is 3.28. The van der Waals surface area contributed by atoms with Gasteiger partial charge >= 0.3 is 0 Å². The van der Waals surface area contributed by atoms with Crippen LogP contribution in [0.1, 0.15) is 5.56 Å². The van der Waals surface area contributed by atoms with Crippen LogP contribution in [0, 0.1) is 0 Å². The first kappa shape index (κ1) is 23.3. The van der Waals surface area contributed by atoms with E-state index >= 15 is 0 Å². The molecule has 0 bridgehead atoms. The molecule has 32 heavy (non-hydrogen) atoms. The number of amides is 2. The third-order valence-electron chi connectivity index (χ3n) is 4.81. The van der Waals surface area contributed by atoms with Crippen molar-refractivity contribution in [2.75, 3.05) is 37.5 Å². The largest absolute Gasteiger partial charge is 0.495 e. The van der Waals surface area contributed by atoms with Crippen molar-refractivity contribution in [1.82, 2.24) is 4.90 Å². The topological polar surface area (TPSA) is 61.9 Å². The number of benzene rings is 3. The molecule has 3 rings (SSSR count). The minimum absolute atomic E-state index is 0.0371. The Hall–Kier alpha value is -3.35. The van der Waals surface area contributed by atoms with Crippen LogP contribution in [0.3, 0.4) is 0 Å². The number of para-hydroxylation sites is 1. The molecule has 0 heterocycles. The van der Waals surface area contributed by atoms with Crippen molar-refractivity contribution in [3.05, 3.63) is 89.4 Å². The Morgan fingerprint density at radius 1 is 0.938 bits per heavy atom. The van der Waals surface area contributed by atoms with Gasteiger partial charge in [-0.1, -0.05) is 60.1 Å². The first-order valence-corrected chi connectivity index (χ1v) is 10.6. The highest BCUT2D eigenvalue weighted by atomic mass is 35.5. The molecule has 0 aliphatic carbocycles. The third kappa shape index (κ3) is 6.57. The predicted molar refractivity (Wildman–Crippen MR) is 128 cm³/mol. The minimum atomic E-state index is -0.268. The number of ether oxygens (including phenoxy) is 1. The molecule has 0 fully saturated rings. The Morgan fingerprint density at radius 3 is 2.25 bits per heavy atom. The third-order valence-corrected chi connectivity index (χ3v) is 5.04. The Morgan fingerprint density at radius 2 is 1.59 bits per heavy atom. The lowest BCUT2D eigenvalue weighted by Gasteiger charge is -2.26. The number of halogens is 1. The second-order valence-electron chi connectivity index (χ2n) is 7.37. The molecule has 0 unspecified atom stereocenters. The van der Waals surface area contributed by atoms with Crippen molar-refractivity contribution < 1.29 is 14.3 Å². The van der Waals surface area contributed by atoms with Gasteiger partial charge in [-0.3, -0.25) is 14.5 Å². The molecular formula is C25H26ClN3O3. The monoisotopic (exact) mass is 451 g/mol. The molecule has 6 nitrogen and oxygen atoms in total. The molecule has 1 N–H and O–H groups in total. The highest BCUT2D eigenvalue weighted by Gasteiger charge is 2.19. The molecule has 0 radical (unpaired) electrons. The maximum atomic E-state index is 13.2. The van der Waals surface area contributed by atoms with E-state index in [2.05, 4.69) is 5.32 Å². The summed E-state index contributed by atoms with van der Waals surface area (Å²) in [6, 6.07) is 24.3. The molecule has 2 amide bonds. The maximum absolute atomic E-state index is 13.2. The molecule has 3 aromatic carbocycles. The summed E-state index contributed by atoms with van der Waals surface area (Å²) in [6.07, 6.45) is 0. The van der Waals surface area contributed by atoms with Gasteiger partial charge < -0.3 is 15.0 Å². The maximum Gasteiger partial charge on any atom is 0.241 e. The average Bonchev–Trinajstić information content (AvgIpc) is 2.78. The van der Waals surface area contributed by atoms with Gasteiger partial charge in [0.15, 0.2) is 0 Å². The van der Waals surface area contributed by atoms with Crippen LogP contribution in [0.15, 0.2) is 78.9 Å². The van der Waals surface area contributed by atoms with Crippen LogP contribution in [-0.2, 0) is 16.1 Å². The molecular weight excluding hydrogens is 426 g/mol. The number of likely N-dealkylation sites (N-methyl/N-ethyl adjacent to an activating group) is 1. The number of nitrogens with zero attached hydrogens (tertiary/aromatic N) is 2. The van der Waals surface area contributed by atoms with E-state index in [-0.39, 0.29) is 24.9 Å². The van der Waals surface area contributed by atoms with Gasteiger partial charge in [0.05, 0.1) is 32.4 Å². The van der Waals surface area contributed by atoms with E-state index in [0.29, 0.717) is 23.0 Å². The summed E-state index contributed by atoms with van der Waals surface area (Å²) in [6.45, 7) is 0.570. The zero-order valence-corrected chi connectivity index (χ0v) is 18.9. The van der Waals surface area contributed by atoms with Gasteiger partial charge in [0, 0.05) is 10.7 Å². The van der Waals surface area contributed by atoms with E-state index in [4.69, 9.17) is 16.3 Å². The van der Waals surface area contributed by atoms with Gasteiger partial charge in [0.2, 0.25) is 11.8 Å². The highest BCUT2D eigenvalue weighted by molar-refractivity contribution is 6.31. The normalized spacial score (nSPS) is 10.6. The van der Waals surface area contributed by atoms with Crippen molar-refractivity contribution in [2.45, 2.75) is 6.54 Å². The van der Waals surface area contributed by atoms with E-state index in [1.165, 1.54) is 7.11 Å². The Kier molecular flexibility index (Phi) is 8.25. The molecule has 0 saturated heterocycles. The van der Waals surface area contributed by atoms with Crippen LogP contribution in [-0.4, -0.2) is 44.0 Å². The van der Waals surface area contributed by atoms with Crippen molar-refractivity contribution in [3.8, 4) is 5.75 Å². The lowest BCUT2D eigenvalue weighted by Crippen LogP contribution is -2.41. The lowest BCUT2D eigenvalue weighted by molar-refractivity contribution is -0.121. The van der Waals surface area contributed by atoms with Crippen LogP contribution in [0.4, 0.5) is 11.4 Å². The van der Waals surface area contributed by atoms with Gasteiger partial charge in [-0.15, -0.1) is 0 Å². The fraction of sp³-hybridized carbons (Fsp3) is 0.200. The zero-order chi connectivity index (χ0) is 22.9. The Balaban J connectivity index is 1.65. The first-order valence-electron chi connectivity index (χ1n) is 10.2. The van der Waals surface area contributed by atoms with Crippen LogP contribution >= 0.6 is 11.6 Å². The van der Waals surface area contributed by atoms with Gasteiger partial charge in [-0.2, -0.15) is 0 Å². The molecule has 0 atom stereocenters. The quantitative estimate of drug-likeness (QED) is 0.522. The van der Waals surface area contributed by atoms with Crippen molar-refractivity contribution >= 4 is 34.8 Å². The van der Waals surface area contributed by atoms with E-state index in [1.54, 1.807) is 35.0 Å². The smallest absolute Gasteiger partial charge is 0.241 e. The van der Waals surface area contributed by atoms with E-state index in [0.717, 1.165) is 11.3 Å². The number of carbonyl (C=O) groups is 2. The molecule has 0 spiro atoms. The second-order valence-corrected chi connectivity index (χ2v) is 7.80. The number of anilines is 2. The second kappa shape index (κ2) is 11.3. The Labute approximate surface area is 193 Å². The van der Waals surface area contributed by atoms with E-state index < -0.39 is 0 Å². The fourth-order valence-corrected chi connectivity index (χ4v) is 3.45. The van der Waals surface area contributed by atoms with Crippen LogP contribution < -0.4 is 15.0 Å². The summed E-state index contributed by atoms with van der Waals surface area (Å²) in [5, 5.41) is 3.28. The molecule has 0 aromatic heterocycles. The highest BCUT2D eigenvalue weighted by Crippen LogP contribution is 2.27. The van der Waals surface area contributed by atoms with Crippen LogP contribution in [0.5, 0.6) is 5.75 Å².